The van der Waals surface area contributed by atoms with Crippen LogP contribution in [0.25, 0.3) is 6.08 Å². The normalized spacial score (nSPS) is 19.4. The Labute approximate surface area is 147 Å². The second-order valence-corrected chi connectivity index (χ2v) is 7.25. The maximum Gasteiger partial charge on any atom is 0.335 e. The molecular weight excluding hydrogens is 318 g/mol. The highest BCUT2D eigenvalue weighted by atomic mass is 32.1. The third-order valence-corrected chi connectivity index (χ3v) is 5.34. The number of nitrogens with zero attached hydrogens (tertiary/aromatic N) is 1. The summed E-state index contributed by atoms with van der Waals surface area (Å²) in [6.45, 7) is 1.87. The van der Waals surface area contributed by atoms with E-state index in [1.807, 2.05) is 12.1 Å². The smallest absolute Gasteiger partial charge is 0.335 e. The van der Waals surface area contributed by atoms with Crippen LogP contribution in [-0.2, 0) is 6.54 Å². The number of hydrogen-bond acceptors (Lipinski definition) is 3. The summed E-state index contributed by atoms with van der Waals surface area (Å²) in [6, 6.07) is 12.0. The molecule has 1 aliphatic rings. The molecule has 24 heavy (non-hydrogen) atoms. The van der Waals surface area contributed by atoms with Gasteiger partial charge in [0.25, 0.3) is 0 Å². The Bertz CT molecular complexity index is 693. The van der Waals surface area contributed by atoms with Gasteiger partial charge in [-0.3, -0.25) is 4.90 Å². The lowest BCUT2D eigenvalue weighted by Crippen LogP contribution is -2.32. The summed E-state index contributed by atoms with van der Waals surface area (Å²) in [5.74, 6) is -0.859. The van der Waals surface area contributed by atoms with Crippen LogP contribution in [0.2, 0.25) is 0 Å². The number of benzene rings is 1. The third-order valence-electron chi connectivity index (χ3n) is 4.50. The standard InChI is InChI=1S/C20H23NO2S/c22-20(23)17-7-4-6-16(14-17)15-21-12-3-1-2-8-18(21)10-11-19-9-5-13-24-19/h4-7,9-11,13-14,18H,1-3,8,12,15H2,(H,22,23)/b11-10+. The van der Waals surface area contributed by atoms with Crippen molar-refractivity contribution in [3.8, 4) is 0 Å². The van der Waals surface area contributed by atoms with Crippen molar-refractivity contribution >= 4 is 23.4 Å². The predicted octanol–water partition coefficient (Wildman–Crippen LogP) is 4.90. The fraction of sp³-hybridized carbons (Fsp3) is 0.350. The quantitative estimate of drug-likeness (QED) is 0.840. The van der Waals surface area contributed by atoms with E-state index in [0.29, 0.717) is 11.6 Å². The average Bonchev–Trinajstić information content (AvgIpc) is 3.01. The number of rotatable bonds is 5. The molecule has 1 fully saturated rings. The van der Waals surface area contributed by atoms with Gasteiger partial charge in [0.05, 0.1) is 5.56 Å². The first-order chi connectivity index (χ1) is 11.7. The molecule has 1 N–H and O–H groups in total. The second kappa shape index (κ2) is 8.27. The molecule has 126 valence electrons. The van der Waals surface area contributed by atoms with Gasteiger partial charge in [-0.05, 0) is 54.6 Å². The molecule has 1 unspecified atom stereocenters. The lowest BCUT2D eigenvalue weighted by molar-refractivity contribution is 0.0696. The number of likely N-dealkylation sites (tertiary alicyclic amines) is 1. The van der Waals surface area contributed by atoms with Gasteiger partial charge in [0.2, 0.25) is 0 Å². The topological polar surface area (TPSA) is 40.5 Å². The Hall–Kier alpha value is -1.91. The van der Waals surface area contributed by atoms with Crippen LogP contribution in [0.1, 0.15) is 46.5 Å². The molecule has 1 aromatic heterocycles. The first kappa shape index (κ1) is 16.9. The molecule has 0 radical (unpaired) electrons. The first-order valence-electron chi connectivity index (χ1n) is 8.50. The predicted molar refractivity (Wildman–Crippen MR) is 99.4 cm³/mol. The van der Waals surface area contributed by atoms with Crippen LogP contribution in [0, 0.1) is 0 Å². The Morgan fingerprint density at radius 3 is 2.96 bits per heavy atom. The van der Waals surface area contributed by atoms with Crippen LogP contribution in [0.15, 0.2) is 47.9 Å². The molecule has 0 spiro atoms. The maximum absolute atomic E-state index is 11.2. The van der Waals surface area contributed by atoms with Gasteiger partial charge in [0.1, 0.15) is 0 Å². The van der Waals surface area contributed by atoms with Gasteiger partial charge in [-0.25, -0.2) is 4.79 Å². The van der Waals surface area contributed by atoms with Gasteiger partial charge < -0.3 is 5.11 Å². The van der Waals surface area contributed by atoms with Crippen molar-refractivity contribution in [1.82, 2.24) is 4.90 Å². The van der Waals surface area contributed by atoms with Gasteiger partial charge >= 0.3 is 5.97 Å². The molecule has 1 aromatic carbocycles. The Morgan fingerprint density at radius 1 is 1.25 bits per heavy atom. The number of carboxylic acid groups (broad SMARTS) is 1. The molecule has 2 aromatic rings. The number of thiophene rings is 1. The summed E-state index contributed by atoms with van der Waals surface area (Å²) in [5, 5.41) is 11.3. The van der Waals surface area contributed by atoms with Crippen LogP contribution >= 0.6 is 11.3 Å². The van der Waals surface area contributed by atoms with Gasteiger partial charge in [-0.15, -0.1) is 11.3 Å². The van der Waals surface area contributed by atoms with Crippen LogP contribution < -0.4 is 0 Å². The van der Waals surface area contributed by atoms with Crippen molar-refractivity contribution in [2.45, 2.75) is 38.3 Å². The molecule has 0 saturated carbocycles. The van der Waals surface area contributed by atoms with Gasteiger partial charge in [-0.1, -0.05) is 37.1 Å². The van der Waals surface area contributed by atoms with E-state index >= 15 is 0 Å². The fourth-order valence-electron chi connectivity index (χ4n) is 3.24. The lowest BCUT2D eigenvalue weighted by Gasteiger charge is -2.28. The zero-order valence-corrected chi connectivity index (χ0v) is 14.5. The zero-order valence-electron chi connectivity index (χ0n) is 13.7. The Kier molecular flexibility index (Phi) is 5.83. The SMILES string of the molecule is O=C(O)c1cccc(CN2CCCCCC2/C=C/c2cccs2)c1. The molecule has 2 heterocycles. The van der Waals surface area contributed by atoms with E-state index in [4.69, 9.17) is 0 Å². The highest BCUT2D eigenvalue weighted by Crippen LogP contribution is 2.22. The van der Waals surface area contributed by atoms with Gasteiger partial charge in [-0.2, -0.15) is 0 Å². The minimum atomic E-state index is -0.859. The first-order valence-corrected chi connectivity index (χ1v) is 9.38. The summed E-state index contributed by atoms with van der Waals surface area (Å²) in [4.78, 5) is 14.9. The zero-order chi connectivity index (χ0) is 16.8. The van der Waals surface area contributed by atoms with Crippen molar-refractivity contribution in [3.63, 3.8) is 0 Å². The van der Waals surface area contributed by atoms with E-state index in [9.17, 15) is 9.90 Å². The summed E-state index contributed by atoms with van der Waals surface area (Å²) in [6.07, 6.45) is 9.45. The van der Waals surface area contributed by atoms with Crippen LogP contribution in [-0.4, -0.2) is 28.6 Å². The highest BCUT2D eigenvalue weighted by molar-refractivity contribution is 7.10. The van der Waals surface area contributed by atoms with Crippen molar-refractivity contribution in [2.75, 3.05) is 6.54 Å². The molecule has 1 aliphatic heterocycles. The highest BCUT2D eigenvalue weighted by Gasteiger charge is 2.19. The Balaban J connectivity index is 1.74. The maximum atomic E-state index is 11.2. The molecule has 0 bridgehead atoms. The lowest BCUT2D eigenvalue weighted by atomic mass is 10.1. The molecule has 1 atom stereocenters. The molecule has 0 aliphatic carbocycles. The largest absolute Gasteiger partial charge is 0.478 e. The van der Waals surface area contributed by atoms with Gasteiger partial charge in [0, 0.05) is 17.5 Å². The minimum Gasteiger partial charge on any atom is -0.478 e. The number of carboxylic acids is 1. The second-order valence-electron chi connectivity index (χ2n) is 6.27. The molecule has 3 rings (SSSR count). The summed E-state index contributed by atoms with van der Waals surface area (Å²) < 4.78 is 0. The molecular formula is C20H23NO2S. The van der Waals surface area contributed by atoms with E-state index in [1.165, 1.54) is 30.6 Å². The van der Waals surface area contributed by atoms with E-state index in [1.54, 1.807) is 23.5 Å². The van der Waals surface area contributed by atoms with Crippen LogP contribution in [0.3, 0.4) is 0 Å². The molecule has 0 amide bonds. The summed E-state index contributed by atoms with van der Waals surface area (Å²) in [5.41, 5.74) is 1.44. The van der Waals surface area contributed by atoms with Crippen molar-refractivity contribution < 1.29 is 9.90 Å². The minimum absolute atomic E-state index is 0.369. The van der Waals surface area contributed by atoms with Crippen molar-refractivity contribution in [2.24, 2.45) is 0 Å². The van der Waals surface area contributed by atoms with E-state index < -0.39 is 5.97 Å². The molecule has 1 saturated heterocycles. The van der Waals surface area contributed by atoms with Crippen molar-refractivity contribution in [3.05, 3.63) is 63.9 Å². The fourth-order valence-corrected chi connectivity index (χ4v) is 3.87. The molecule has 4 heteroatoms. The molecule has 3 nitrogen and oxygen atoms in total. The summed E-state index contributed by atoms with van der Waals surface area (Å²) in [7, 11) is 0. The van der Waals surface area contributed by atoms with Crippen LogP contribution in [0.4, 0.5) is 0 Å². The Morgan fingerprint density at radius 2 is 2.17 bits per heavy atom. The number of aromatic carboxylic acids is 1. The van der Waals surface area contributed by atoms with E-state index in [2.05, 4.69) is 34.6 Å². The average molecular weight is 341 g/mol. The third kappa shape index (κ3) is 4.56. The van der Waals surface area contributed by atoms with Crippen LogP contribution in [0.5, 0.6) is 0 Å². The number of hydrogen-bond donors (Lipinski definition) is 1. The van der Waals surface area contributed by atoms with Gasteiger partial charge in [0.15, 0.2) is 0 Å². The van der Waals surface area contributed by atoms with E-state index in [0.717, 1.165) is 18.7 Å². The van der Waals surface area contributed by atoms with E-state index in [-0.39, 0.29) is 0 Å². The summed E-state index contributed by atoms with van der Waals surface area (Å²) >= 11 is 1.76. The van der Waals surface area contributed by atoms with Crippen molar-refractivity contribution in [1.29, 1.82) is 0 Å². The monoisotopic (exact) mass is 341 g/mol. The number of carbonyl (C=O) groups is 1.